The standard InChI is InChI=1S/C25H24N6/c1-3-6-20-16-31-21(14-9-17(2)25(31)26-20)15-18-10-12-19(13-11-18)22-7-4-5-8-23(22)24-27-29-30-28-24/h4-5,7-14,16H,3,6,15H2,1-2H3,(H,27,28,29,30). The molecule has 0 atom stereocenters. The fraction of sp³-hybridized carbons (Fsp3) is 0.200. The molecule has 3 aromatic heterocycles. The number of nitrogens with zero attached hydrogens (tertiary/aromatic N) is 5. The molecule has 0 saturated carbocycles. The zero-order valence-corrected chi connectivity index (χ0v) is 17.7. The molecule has 6 heteroatoms. The number of benzene rings is 2. The molecular formula is C25H24N6. The van der Waals surface area contributed by atoms with Crippen molar-refractivity contribution in [3.8, 4) is 22.5 Å². The number of rotatable bonds is 6. The van der Waals surface area contributed by atoms with Gasteiger partial charge in [0.05, 0.1) is 5.69 Å². The van der Waals surface area contributed by atoms with Crippen LogP contribution in [0.1, 0.15) is 35.9 Å². The number of tetrazole rings is 1. The van der Waals surface area contributed by atoms with Gasteiger partial charge in [0.15, 0.2) is 5.82 Å². The Bertz CT molecular complexity index is 1320. The second-order valence-electron chi connectivity index (χ2n) is 7.85. The molecule has 31 heavy (non-hydrogen) atoms. The molecule has 3 heterocycles. The van der Waals surface area contributed by atoms with Crippen molar-refractivity contribution in [2.75, 3.05) is 0 Å². The van der Waals surface area contributed by atoms with Crippen molar-refractivity contribution in [3.63, 3.8) is 0 Å². The number of imidazole rings is 1. The Kier molecular flexibility index (Phi) is 5.04. The largest absolute Gasteiger partial charge is 0.303 e. The topological polar surface area (TPSA) is 71.8 Å². The zero-order chi connectivity index (χ0) is 21.2. The van der Waals surface area contributed by atoms with E-state index < -0.39 is 0 Å². The minimum atomic E-state index is 0.671. The van der Waals surface area contributed by atoms with Crippen molar-refractivity contribution >= 4 is 5.65 Å². The van der Waals surface area contributed by atoms with E-state index in [0.717, 1.165) is 47.3 Å². The van der Waals surface area contributed by atoms with Gasteiger partial charge in [-0.25, -0.2) is 10.1 Å². The average Bonchev–Trinajstić information content (AvgIpc) is 3.47. The summed E-state index contributed by atoms with van der Waals surface area (Å²) in [6.07, 6.45) is 5.16. The Hall–Kier alpha value is -3.80. The van der Waals surface area contributed by atoms with Crippen LogP contribution in [0, 0.1) is 6.92 Å². The smallest absolute Gasteiger partial charge is 0.180 e. The lowest BCUT2D eigenvalue weighted by Crippen LogP contribution is -1.99. The number of hydrogen-bond acceptors (Lipinski definition) is 4. The number of pyridine rings is 1. The molecule has 0 radical (unpaired) electrons. The van der Waals surface area contributed by atoms with E-state index in [-0.39, 0.29) is 0 Å². The first-order chi connectivity index (χ1) is 15.2. The second kappa shape index (κ2) is 8.14. The number of aryl methyl sites for hydroxylation is 2. The van der Waals surface area contributed by atoms with Crippen molar-refractivity contribution < 1.29 is 0 Å². The van der Waals surface area contributed by atoms with Crippen LogP contribution in [-0.2, 0) is 12.8 Å². The fourth-order valence-corrected chi connectivity index (χ4v) is 4.05. The third-order valence-corrected chi connectivity index (χ3v) is 5.63. The second-order valence-corrected chi connectivity index (χ2v) is 7.85. The van der Waals surface area contributed by atoms with Crippen molar-refractivity contribution in [1.29, 1.82) is 0 Å². The summed E-state index contributed by atoms with van der Waals surface area (Å²) in [5.74, 6) is 0.671. The number of nitrogens with one attached hydrogen (secondary N) is 1. The summed E-state index contributed by atoms with van der Waals surface area (Å²) >= 11 is 0. The first-order valence-corrected chi connectivity index (χ1v) is 10.6. The Labute approximate surface area is 181 Å². The van der Waals surface area contributed by atoms with Crippen LogP contribution in [-0.4, -0.2) is 30.0 Å². The number of aromatic amines is 1. The van der Waals surface area contributed by atoms with Crippen LogP contribution in [0.25, 0.3) is 28.2 Å². The van der Waals surface area contributed by atoms with Crippen LogP contribution in [0.2, 0.25) is 0 Å². The van der Waals surface area contributed by atoms with Gasteiger partial charge in [0.25, 0.3) is 0 Å². The molecule has 2 aromatic carbocycles. The molecule has 0 fully saturated rings. The molecule has 5 aromatic rings. The summed E-state index contributed by atoms with van der Waals surface area (Å²) in [5, 5.41) is 14.4. The van der Waals surface area contributed by atoms with Gasteiger partial charge < -0.3 is 4.40 Å². The Balaban J connectivity index is 1.45. The first kappa shape index (κ1) is 19.2. The summed E-state index contributed by atoms with van der Waals surface area (Å²) in [7, 11) is 0. The van der Waals surface area contributed by atoms with Crippen LogP contribution < -0.4 is 0 Å². The maximum atomic E-state index is 4.84. The van der Waals surface area contributed by atoms with Gasteiger partial charge in [-0.1, -0.05) is 67.9 Å². The molecule has 0 bridgehead atoms. The van der Waals surface area contributed by atoms with Gasteiger partial charge in [0.2, 0.25) is 0 Å². The molecule has 0 aliphatic carbocycles. The van der Waals surface area contributed by atoms with Crippen LogP contribution in [0.15, 0.2) is 66.9 Å². The monoisotopic (exact) mass is 408 g/mol. The summed E-state index contributed by atoms with van der Waals surface area (Å²) in [5.41, 5.74) is 9.16. The highest BCUT2D eigenvalue weighted by Crippen LogP contribution is 2.30. The van der Waals surface area contributed by atoms with Crippen molar-refractivity contribution in [2.24, 2.45) is 0 Å². The molecule has 0 aliphatic heterocycles. The number of fused-ring (bicyclic) bond motifs is 1. The molecule has 0 saturated heterocycles. The predicted octanol–water partition coefficient (Wildman–Crippen LogP) is 5.03. The number of aromatic nitrogens is 6. The third-order valence-electron chi connectivity index (χ3n) is 5.63. The lowest BCUT2D eigenvalue weighted by atomic mass is 9.97. The van der Waals surface area contributed by atoms with E-state index in [4.69, 9.17) is 4.98 Å². The van der Waals surface area contributed by atoms with E-state index in [1.807, 2.05) is 18.2 Å². The lowest BCUT2D eigenvalue weighted by Gasteiger charge is -2.10. The summed E-state index contributed by atoms with van der Waals surface area (Å²) in [6, 6.07) is 21.3. The van der Waals surface area contributed by atoms with E-state index in [9.17, 15) is 0 Å². The van der Waals surface area contributed by atoms with Crippen LogP contribution >= 0.6 is 0 Å². The van der Waals surface area contributed by atoms with Gasteiger partial charge in [-0.15, -0.1) is 5.10 Å². The number of H-pyrrole nitrogens is 1. The van der Waals surface area contributed by atoms with E-state index in [1.54, 1.807) is 0 Å². The van der Waals surface area contributed by atoms with Crippen LogP contribution in [0.4, 0.5) is 0 Å². The van der Waals surface area contributed by atoms with Gasteiger partial charge >= 0.3 is 0 Å². The fourth-order valence-electron chi connectivity index (χ4n) is 4.05. The normalized spacial score (nSPS) is 11.3. The Morgan fingerprint density at radius 1 is 0.935 bits per heavy atom. The minimum absolute atomic E-state index is 0.671. The molecule has 0 aliphatic rings. The quantitative estimate of drug-likeness (QED) is 0.428. The van der Waals surface area contributed by atoms with Gasteiger partial charge in [0.1, 0.15) is 5.65 Å². The van der Waals surface area contributed by atoms with Crippen molar-refractivity contribution in [1.82, 2.24) is 30.0 Å². The SMILES string of the molecule is CCCc1cn2c(Cc3ccc(-c4ccccc4-c4nnn[nH]4)cc3)ccc(C)c2n1. The summed E-state index contributed by atoms with van der Waals surface area (Å²) in [6.45, 7) is 4.31. The molecular weight excluding hydrogens is 384 g/mol. The molecule has 6 nitrogen and oxygen atoms in total. The molecule has 5 rings (SSSR count). The van der Waals surface area contributed by atoms with Crippen LogP contribution in [0.3, 0.4) is 0 Å². The highest BCUT2D eigenvalue weighted by atomic mass is 15.5. The first-order valence-electron chi connectivity index (χ1n) is 10.6. The van der Waals surface area contributed by atoms with Gasteiger partial charge in [-0.3, -0.25) is 0 Å². The maximum Gasteiger partial charge on any atom is 0.180 e. The zero-order valence-electron chi connectivity index (χ0n) is 17.7. The predicted molar refractivity (Wildman–Crippen MR) is 122 cm³/mol. The van der Waals surface area contributed by atoms with Gasteiger partial charge in [0, 0.05) is 23.9 Å². The molecule has 154 valence electrons. The average molecular weight is 409 g/mol. The van der Waals surface area contributed by atoms with E-state index in [2.05, 4.69) is 87.5 Å². The molecule has 0 unspecified atom stereocenters. The van der Waals surface area contributed by atoms with Gasteiger partial charge in [-0.2, -0.15) is 0 Å². The van der Waals surface area contributed by atoms with Crippen molar-refractivity contribution in [2.45, 2.75) is 33.1 Å². The maximum absolute atomic E-state index is 4.84. The molecule has 1 N–H and O–H groups in total. The molecule has 0 amide bonds. The Morgan fingerprint density at radius 2 is 1.74 bits per heavy atom. The highest BCUT2D eigenvalue weighted by Gasteiger charge is 2.11. The minimum Gasteiger partial charge on any atom is -0.303 e. The third kappa shape index (κ3) is 3.72. The van der Waals surface area contributed by atoms with Crippen molar-refractivity contribution in [3.05, 3.63) is 89.4 Å². The summed E-state index contributed by atoms with van der Waals surface area (Å²) in [4.78, 5) is 4.84. The Morgan fingerprint density at radius 3 is 2.48 bits per heavy atom. The van der Waals surface area contributed by atoms with Gasteiger partial charge in [-0.05, 0) is 52.1 Å². The molecule has 0 spiro atoms. The lowest BCUT2D eigenvalue weighted by molar-refractivity contribution is 0.881. The van der Waals surface area contributed by atoms with E-state index in [0.29, 0.717) is 5.82 Å². The van der Waals surface area contributed by atoms with E-state index >= 15 is 0 Å². The number of hydrogen-bond donors (Lipinski definition) is 1. The van der Waals surface area contributed by atoms with E-state index in [1.165, 1.54) is 16.8 Å². The summed E-state index contributed by atoms with van der Waals surface area (Å²) < 4.78 is 2.25. The highest BCUT2D eigenvalue weighted by molar-refractivity contribution is 5.80. The van der Waals surface area contributed by atoms with Crippen LogP contribution in [0.5, 0.6) is 0 Å².